The fourth-order valence-corrected chi connectivity index (χ4v) is 2.87. The molecule has 5 nitrogen and oxygen atoms in total. The molecule has 2 N–H and O–H groups in total. The minimum absolute atomic E-state index is 0.329. The zero-order valence-corrected chi connectivity index (χ0v) is 14.8. The first-order valence-electron chi connectivity index (χ1n) is 8.65. The summed E-state index contributed by atoms with van der Waals surface area (Å²) in [5.74, 6) is -0.329. The van der Waals surface area contributed by atoms with Crippen molar-refractivity contribution < 1.29 is 4.79 Å². The smallest absolute Gasteiger partial charge is 0.272 e. The molecule has 0 spiro atoms. The lowest BCUT2D eigenvalue weighted by Gasteiger charge is -2.04. The van der Waals surface area contributed by atoms with Crippen LogP contribution in [0.25, 0.3) is 22.0 Å². The molecule has 0 saturated carbocycles. The van der Waals surface area contributed by atoms with Crippen molar-refractivity contribution in [2.75, 3.05) is 0 Å². The van der Waals surface area contributed by atoms with Gasteiger partial charge in [0, 0.05) is 5.56 Å². The summed E-state index contributed by atoms with van der Waals surface area (Å²) in [5.41, 5.74) is 6.31. The molecular formula is C22H18N4O. The van der Waals surface area contributed by atoms with Crippen LogP contribution in [0, 0.1) is 0 Å². The molecule has 1 heterocycles. The van der Waals surface area contributed by atoms with Crippen molar-refractivity contribution >= 4 is 22.4 Å². The number of amides is 1. The molecule has 0 fully saturated rings. The zero-order valence-electron chi connectivity index (χ0n) is 14.8. The third kappa shape index (κ3) is 3.62. The minimum Gasteiger partial charge on any atom is -0.272 e. The number of carbonyl (C=O) groups excluding carboxylic acids is 1. The van der Waals surface area contributed by atoms with Gasteiger partial charge in [-0.15, -0.1) is 0 Å². The summed E-state index contributed by atoms with van der Waals surface area (Å²) in [7, 11) is 0. The predicted octanol–water partition coefficient (Wildman–Crippen LogP) is 4.38. The Balaban J connectivity index is 1.50. The summed E-state index contributed by atoms with van der Waals surface area (Å²) >= 11 is 0. The number of rotatable bonds is 4. The first kappa shape index (κ1) is 16.7. The van der Waals surface area contributed by atoms with Crippen LogP contribution < -0.4 is 5.43 Å². The number of benzene rings is 3. The maximum absolute atomic E-state index is 12.3. The lowest BCUT2D eigenvalue weighted by molar-refractivity contribution is 0.0950. The van der Waals surface area contributed by atoms with Gasteiger partial charge in [-0.2, -0.15) is 10.2 Å². The number of hydrazone groups is 1. The number of aromatic amines is 1. The number of aromatic nitrogens is 2. The van der Waals surface area contributed by atoms with E-state index in [-0.39, 0.29) is 5.91 Å². The molecule has 4 rings (SSSR count). The van der Waals surface area contributed by atoms with E-state index in [9.17, 15) is 4.79 Å². The molecule has 1 aromatic heterocycles. The Bertz CT molecular complexity index is 1130. The number of nitrogens with zero attached hydrogens (tertiary/aromatic N) is 2. The summed E-state index contributed by atoms with van der Waals surface area (Å²) in [5, 5.41) is 13.5. The van der Waals surface area contributed by atoms with E-state index < -0.39 is 0 Å². The third-order valence-electron chi connectivity index (χ3n) is 4.38. The van der Waals surface area contributed by atoms with Gasteiger partial charge in [0.1, 0.15) is 5.69 Å². The molecule has 0 aliphatic carbocycles. The Kier molecular flexibility index (Phi) is 4.49. The van der Waals surface area contributed by atoms with E-state index in [0.29, 0.717) is 5.69 Å². The highest BCUT2D eigenvalue weighted by molar-refractivity contribution is 6.03. The van der Waals surface area contributed by atoms with E-state index in [2.05, 4.69) is 38.9 Å². The van der Waals surface area contributed by atoms with E-state index in [1.165, 1.54) is 5.39 Å². The highest BCUT2D eigenvalue weighted by atomic mass is 16.2. The van der Waals surface area contributed by atoms with Gasteiger partial charge in [0.15, 0.2) is 0 Å². The van der Waals surface area contributed by atoms with Crippen molar-refractivity contribution in [3.8, 4) is 11.3 Å². The van der Waals surface area contributed by atoms with Crippen LogP contribution >= 0.6 is 0 Å². The number of H-pyrrole nitrogens is 1. The molecule has 132 valence electrons. The number of fused-ring (bicyclic) bond motifs is 1. The fraction of sp³-hybridized carbons (Fsp3) is 0.0455. The van der Waals surface area contributed by atoms with E-state index in [4.69, 9.17) is 0 Å². The van der Waals surface area contributed by atoms with E-state index in [1.807, 2.05) is 61.5 Å². The van der Waals surface area contributed by atoms with E-state index in [1.54, 1.807) is 6.07 Å². The van der Waals surface area contributed by atoms with Crippen LogP contribution in [0.15, 0.2) is 84.0 Å². The molecule has 3 aromatic carbocycles. The first-order chi connectivity index (χ1) is 13.2. The third-order valence-corrected chi connectivity index (χ3v) is 4.38. The fourth-order valence-electron chi connectivity index (χ4n) is 2.87. The van der Waals surface area contributed by atoms with Gasteiger partial charge in [-0.05, 0) is 35.4 Å². The van der Waals surface area contributed by atoms with E-state index >= 15 is 0 Å². The standard InChI is InChI=1S/C22H18N4O/c1-15(18-12-11-16-7-5-6-10-19(16)13-18)23-26-22(27)21-14-20(24-25-21)17-8-3-2-4-9-17/h2-14H,1H3,(H,24,25)(H,26,27)/b23-15-. The number of hydrogen-bond donors (Lipinski definition) is 2. The SMILES string of the molecule is C/C(=N/NC(=O)c1cc(-c2ccccc2)n[nH]1)c1ccc2ccccc2c1. The lowest BCUT2D eigenvalue weighted by Crippen LogP contribution is -2.19. The quantitative estimate of drug-likeness (QED) is 0.422. The molecule has 1 amide bonds. The van der Waals surface area contributed by atoms with Gasteiger partial charge < -0.3 is 0 Å². The van der Waals surface area contributed by atoms with Gasteiger partial charge in [-0.25, -0.2) is 5.43 Å². The topological polar surface area (TPSA) is 70.1 Å². The van der Waals surface area contributed by atoms with Crippen molar-refractivity contribution in [1.82, 2.24) is 15.6 Å². The second-order valence-electron chi connectivity index (χ2n) is 6.23. The number of carbonyl (C=O) groups is 1. The van der Waals surface area contributed by atoms with Gasteiger partial charge in [0.05, 0.1) is 11.4 Å². The van der Waals surface area contributed by atoms with Crippen molar-refractivity contribution in [2.45, 2.75) is 6.92 Å². The number of nitrogens with one attached hydrogen (secondary N) is 2. The van der Waals surface area contributed by atoms with Gasteiger partial charge in [-0.3, -0.25) is 9.89 Å². The summed E-state index contributed by atoms with van der Waals surface area (Å²) < 4.78 is 0. The Hall–Kier alpha value is -3.73. The molecule has 0 saturated heterocycles. The molecule has 5 heteroatoms. The van der Waals surface area contributed by atoms with Crippen LogP contribution in [0.5, 0.6) is 0 Å². The minimum atomic E-state index is -0.329. The second-order valence-corrected chi connectivity index (χ2v) is 6.23. The van der Waals surface area contributed by atoms with Crippen LogP contribution in [-0.2, 0) is 0 Å². The van der Waals surface area contributed by atoms with Gasteiger partial charge in [0.2, 0.25) is 0 Å². The monoisotopic (exact) mass is 354 g/mol. The molecule has 0 aliphatic heterocycles. The Morgan fingerprint density at radius 2 is 1.67 bits per heavy atom. The van der Waals surface area contributed by atoms with Crippen LogP contribution in [0.1, 0.15) is 23.0 Å². The highest BCUT2D eigenvalue weighted by Crippen LogP contribution is 2.17. The molecule has 0 bridgehead atoms. The molecule has 27 heavy (non-hydrogen) atoms. The maximum atomic E-state index is 12.3. The molecule has 0 aliphatic rings. The van der Waals surface area contributed by atoms with Crippen LogP contribution in [0.3, 0.4) is 0 Å². The molecule has 0 atom stereocenters. The van der Waals surface area contributed by atoms with Crippen LogP contribution in [0.4, 0.5) is 0 Å². The average Bonchev–Trinajstić information content (AvgIpc) is 3.22. The molecule has 0 radical (unpaired) electrons. The summed E-state index contributed by atoms with van der Waals surface area (Å²) in [6.45, 7) is 1.87. The van der Waals surface area contributed by atoms with Gasteiger partial charge >= 0.3 is 0 Å². The van der Waals surface area contributed by atoms with Crippen molar-refractivity contribution in [3.05, 3.63) is 90.1 Å². The van der Waals surface area contributed by atoms with E-state index in [0.717, 1.165) is 27.9 Å². The summed E-state index contributed by atoms with van der Waals surface area (Å²) in [6, 6.07) is 25.6. The normalized spacial score (nSPS) is 11.5. The Morgan fingerprint density at radius 1 is 0.926 bits per heavy atom. The zero-order chi connectivity index (χ0) is 18.6. The summed E-state index contributed by atoms with van der Waals surface area (Å²) in [6.07, 6.45) is 0. The number of hydrogen-bond acceptors (Lipinski definition) is 3. The second kappa shape index (κ2) is 7.25. The highest BCUT2D eigenvalue weighted by Gasteiger charge is 2.10. The summed E-state index contributed by atoms with van der Waals surface area (Å²) in [4.78, 5) is 12.3. The van der Waals surface area contributed by atoms with Crippen molar-refractivity contribution in [1.29, 1.82) is 0 Å². The predicted molar refractivity (Wildman–Crippen MR) is 108 cm³/mol. The van der Waals surface area contributed by atoms with Crippen LogP contribution in [0.2, 0.25) is 0 Å². The average molecular weight is 354 g/mol. The molecule has 4 aromatic rings. The maximum Gasteiger partial charge on any atom is 0.289 e. The van der Waals surface area contributed by atoms with Crippen molar-refractivity contribution in [3.63, 3.8) is 0 Å². The lowest BCUT2D eigenvalue weighted by atomic mass is 10.0. The van der Waals surface area contributed by atoms with Crippen molar-refractivity contribution in [2.24, 2.45) is 5.10 Å². The van der Waals surface area contributed by atoms with Gasteiger partial charge in [0.25, 0.3) is 5.91 Å². The first-order valence-corrected chi connectivity index (χ1v) is 8.65. The molecular weight excluding hydrogens is 336 g/mol. The Labute approximate surface area is 156 Å². The Morgan fingerprint density at radius 3 is 2.48 bits per heavy atom. The van der Waals surface area contributed by atoms with Gasteiger partial charge in [-0.1, -0.05) is 66.7 Å². The van der Waals surface area contributed by atoms with Crippen LogP contribution in [-0.4, -0.2) is 21.8 Å². The largest absolute Gasteiger partial charge is 0.289 e. The molecule has 0 unspecified atom stereocenters.